The van der Waals surface area contributed by atoms with Gasteiger partial charge in [-0.15, -0.1) is 0 Å². The molecule has 0 fully saturated rings. The number of rotatable bonds is 6. The van der Waals surface area contributed by atoms with Gasteiger partial charge in [-0.2, -0.15) is 0 Å². The third kappa shape index (κ3) is 4.28. The Bertz CT molecular complexity index is 1060. The van der Waals surface area contributed by atoms with Crippen molar-refractivity contribution in [2.24, 2.45) is 0 Å². The maximum atomic E-state index is 13.6. The van der Waals surface area contributed by atoms with Crippen molar-refractivity contribution in [3.63, 3.8) is 0 Å². The average Bonchev–Trinajstić information content (AvgIpc) is 2.82. The van der Waals surface area contributed by atoms with Crippen molar-refractivity contribution < 1.29 is 4.79 Å². The van der Waals surface area contributed by atoms with E-state index in [1.165, 1.54) is 17.3 Å². The summed E-state index contributed by atoms with van der Waals surface area (Å²) in [7, 11) is 0. The third-order valence-electron chi connectivity index (χ3n) is 5.56. The molecule has 156 valence electrons. The van der Waals surface area contributed by atoms with Gasteiger partial charge in [0.1, 0.15) is 0 Å². The van der Waals surface area contributed by atoms with E-state index in [-0.39, 0.29) is 5.12 Å². The van der Waals surface area contributed by atoms with E-state index in [1.807, 2.05) is 30.3 Å². The molecule has 0 atom stereocenters. The maximum absolute atomic E-state index is 13.6. The first kappa shape index (κ1) is 22.0. The van der Waals surface area contributed by atoms with Crippen LogP contribution >= 0.6 is 32.6 Å². The summed E-state index contributed by atoms with van der Waals surface area (Å²) in [5.74, 6) is 0. The van der Waals surface area contributed by atoms with Gasteiger partial charge in [0.2, 0.25) is 0 Å². The van der Waals surface area contributed by atoms with Gasteiger partial charge in [-0.1, -0.05) is 0 Å². The summed E-state index contributed by atoms with van der Waals surface area (Å²) in [5, 5.41) is 0.390. The zero-order chi connectivity index (χ0) is 21.8. The van der Waals surface area contributed by atoms with Crippen molar-refractivity contribution in [2.75, 3.05) is 6.16 Å². The molecule has 0 bridgehead atoms. The quantitative estimate of drug-likeness (QED) is 0.220. The van der Waals surface area contributed by atoms with Crippen LogP contribution in [0.5, 0.6) is 0 Å². The average molecular weight is 507 g/mol. The van der Waals surface area contributed by atoms with Gasteiger partial charge in [0, 0.05) is 0 Å². The Morgan fingerprint density at radius 2 is 1.06 bits per heavy atom. The molecule has 0 aliphatic rings. The molecule has 31 heavy (non-hydrogen) atoms. The van der Waals surface area contributed by atoms with Crippen LogP contribution in [0.3, 0.4) is 0 Å². The zero-order valence-electron chi connectivity index (χ0n) is 17.3. The van der Waals surface area contributed by atoms with Crippen LogP contribution in [0.1, 0.15) is 5.56 Å². The van der Waals surface area contributed by atoms with E-state index >= 15 is 0 Å². The van der Waals surface area contributed by atoms with Crippen molar-refractivity contribution >= 4 is 53.6 Å². The summed E-state index contributed by atoms with van der Waals surface area (Å²) in [6.45, 7) is 2.06. The van der Waals surface area contributed by atoms with Crippen LogP contribution in [0.4, 0.5) is 0 Å². The van der Waals surface area contributed by atoms with Gasteiger partial charge in [-0.3, -0.25) is 0 Å². The molecule has 4 aromatic rings. The predicted octanol–water partition coefficient (Wildman–Crippen LogP) is 6.45. The van der Waals surface area contributed by atoms with Crippen LogP contribution in [-0.2, 0) is 4.79 Å². The molecule has 4 rings (SSSR count). The SMILES string of the molecule is Cc1ccc(SC(=O)CP(Br)(c2ccccc2)(c2ccccc2)c2ccccc2)cc1. The topological polar surface area (TPSA) is 17.1 Å². The van der Waals surface area contributed by atoms with E-state index in [2.05, 4.69) is 107 Å². The second kappa shape index (κ2) is 9.12. The van der Waals surface area contributed by atoms with Crippen molar-refractivity contribution in [2.45, 2.75) is 11.8 Å². The molecule has 0 saturated heterocycles. The molecule has 1 nitrogen and oxygen atoms in total. The van der Waals surface area contributed by atoms with Crippen molar-refractivity contribution in [1.29, 1.82) is 0 Å². The zero-order valence-corrected chi connectivity index (χ0v) is 20.6. The summed E-state index contributed by atoms with van der Waals surface area (Å²) in [5.41, 5.74) is 1.19. The first-order chi connectivity index (χ1) is 15.0. The number of hydrogen-bond acceptors (Lipinski definition) is 2. The standard InChI is InChI=1S/C27H24BrOPS/c1-22-17-19-26(20-18-22)31-27(29)21-30(28,23-11-5-2-6-12-23,24-13-7-3-8-14-24)25-15-9-4-10-16-25/h2-20H,21H2,1H3. The number of aryl methyl sites for hydroxylation is 1. The Hall–Kier alpha value is -2.19. The fourth-order valence-electron chi connectivity index (χ4n) is 3.95. The number of carbonyl (C=O) groups excluding carboxylic acids is 1. The van der Waals surface area contributed by atoms with Gasteiger partial charge in [0.25, 0.3) is 0 Å². The van der Waals surface area contributed by atoms with Gasteiger partial charge in [0.05, 0.1) is 0 Å². The summed E-state index contributed by atoms with van der Waals surface area (Å²) in [6, 6.07) is 39.5. The monoisotopic (exact) mass is 506 g/mol. The number of thioether (sulfide) groups is 1. The third-order valence-corrected chi connectivity index (χ3v) is 16.1. The van der Waals surface area contributed by atoms with Crippen LogP contribution in [0.25, 0.3) is 0 Å². The predicted molar refractivity (Wildman–Crippen MR) is 141 cm³/mol. The number of hydrogen-bond donors (Lipinski definition) is 0. The number of benzene rings is 4. The van der Waals surface area contributed by atoms with Crippen molar-refractivity contribution in [1.82, 2.24) is 0 Å². The normalized spacial score (nSPS) is 12.6. The van der Waals surface area contributed by atoms with Crippen LogP contribution in [-0.4, -0.2) is 11.3 Å². The number of halogens is 1. The summed E-state index contributed by atoms with van der Waals surface area (Å²) in [6.07, 6.45) is 0.391. The summed E-state index contributed by atoms with van der Waals surface area (Å²) >= 11 is 5.66. The van der Waals surface area contributed by atoms with E-state index in [1.54, 1.807) is 0 Å². The van der Waals surface area contributed by atoms with E-state index in [0.29, 0.717) is 6.16 Å². The second-order valence-electron chi connectivity index (χ2n) is 7.63. The Kier molecular flexibility index (Phi) is 6.48. The van der Waals surface area contributed by atoms with E-state index < -0.39 is 5.31 Å². The molecule has 4 heteroatoms. The fraction of sp³-hybridized carbons (Fsp3) is 0.0741. The molecule has 0 unspecified atom stereocenters. The van der Waals surface area contributed by atoms with Crippen molar-refractivity contribution in [3.8, 4) is 0 Å². The Balaban J connectivity index is 1.90. The van der Waals surface area contributed by atoms with Gasteiger partial charge < -0.3 is 0 Å². The minimum atomic E-state index is -3.23. The first-order valence-electron chi connectivity index (χ1n) is 10.2. The van der Waals surface area contributed by atoms with Crippen LogP contribution in [0.15, 0.2) is 120 Å². The Labute approximate surface area is 196 Å². The van der Waals surface area contributed by atoms with E-state index in [9.17, 15) is 4.79 Å². The molecule has 0 radical (unpaired) electrons. The molecule has 0 saturated carbocycles. The molecule has 0 aliphatic carbocycles. The summed E-state index contributed by atoms with van der Waals surface area (Å²) < 4.78 is 0. The van der Waals surface area contributed by atoms with E-state index in [4.69, 9.17) is 0 Å². The molecule has 0 amide bonds. The fourth-order valence-corrected chi connectivity index (χ4v) is 13.1. The van der Waals surface area contributed by atoms with Gasteiger partial charge in [-0.05, 0) is 0 Å². The molecule has 0 N–H and O–H groups in total. The van der Waals surface area contributed by atoms with Gasteiger partial charge in [-0.25, -0.2) is 0 Å². The van der Waals surface area contributed by atoms with E-state index in [0.717, 1.165) is 20.8 Å². The van der Waals surface area contributed by atoms with Crippen molar-refractivity contribution in [3.05, 3.63) is 121 Å². The first-order valence-corrected chi connectivity index (χ1v) is 15.4. The molecule has 0 aromatic heterocycles. The Morgan fingerprint density at radius 1 is 0.677 bits per heavy atom. The molecule has 0 aliphatic heterocycles. The van der Waals surface area contributed by atoms with Crippen LogP contribution in [0.2, 0.25) is 0 Å². The molecular weight excluding hydrogens is 483 g/mol. The van der Waals surface area contributed by atoms with Gasteiger partial charge >= 0.3 is 197 Å². The molecule has 0 spiro atoms. The van der Waals surface area contributed by atoms with Gasteiger partial charge in [0.15, 0.2) is 0 Å². The molecule has 4 aromatic carbocycles. The Morgan fingerprint density at radius 3 is 1.45 bits per heavy atom. The minimum absolute atomic E-state index is 0.148. The van der Waals surface area contributed by atoms with Crippen LogP contribution < -0.4 is 15.9 Å². The molecular formula is C27H24BrOPS. The van der Waals surface area contributed by atoms with Crippen LogP contribution in [0, 0.1) is 6.92 Å². The molecule has 0 heterocycles. The summed E-state index contributed by atoms with van der Waals surface area (Å²) in [4.78, 5) is 14.6. The second-order valence-corrected chi connectivity index (χ2v) is 17.7. The number of carbonyl (C=O) groups is 1.